The lowest BCUT2D eigenvalue weighted by molar-refractivity contribution is -0.137. The van der Waals surface area contributed by atoms with Crippen molar-refractivity contribution in [2.24, 2.45) is 0 Å². The molecule has 188 valence electrons. The number of amides is 5. The van der Waals surface area contributed by atoms with Crippen LogP contribution in [0.25, 0.3) is 0 Å². The maximum absolute atomic E-state index is 13.6. The lowest BCUT2D eigenvalue weighted by Gasteiger charge is -2.34. The zero-order chi connectivity index (χ0) is 24.7. The topological polar surface area (TPSA) is 98.8 Å². The highest BCUT2D eigenvalue weighted by molar-refractivity contribution is 7.10. The van der Waals surface area contributed by atoms with Gasteiger partial charge in [-0.1, -0.05) is 37.8 Å². The van der Waals surface area contributed by atoms with Gasteiger partial charge < -0.3 is 15.5 Å². The van der Waals surface area contributed by atoms with Crippen LogP contribution >= 0.6 is 22.7 Å². The Kier molecular flexibility index (Phi) is 8.56. The molecule has 35 heavy (non-hydrogen) atoms. The predicted molar refractivity (Wildman–Crippen MR) is 136 cm³/mol. The lowest BCUT2D eigenvalue weighted by Crippen LogP contribution is -2.52. The van der Waals surface area contributed by atoms with Gasteiger partial charge in [-0.25, -0.2) is 4.79 Å². The molecule has 3 heterocycles. The van der Waals surface area contributed by atoms with E-state index in [1.165, 1.54) is 9.78 Å². The van der Waals surface area contributed by atoms with Gasteiger partial charge in [0, 0.05) is 22.8 Å². The van der Waals surface area contributed by atoms with Crippen LogP contribution in [0.2, 0.25) is 0 Å². The van der Waals surface area contributed by atoms with Crippen molar-refractivity contribution < 1.29 is 19.2 Å². The van der Waals surface area contributed by atoms with Crippen LogP contribution in [0.15, 0.2) is 35.0 Å². The summed E-state index contributed by atoms with van der Waals surface area (Å²) in [7, 11) is 0. The van der Waals surface area contributed by atoms with Gasteiger partial charge in [-0.3, -0.25) is 19.3 Å². The van der Waals surface area contributed by atoms with Crippen LogP contribution in [-0.4, -0.2) is 65.3 Å². The zero-order valence-electron chi connectivity index (χ0n) is 19.8. The minimum atomic E-state index is -1.03. The third kappa shape index (κ3) is 6.10. The first-order valence-electron chi connectivity index (χ1n) is 12.2. The largest absolute Gasteiger partial charge is 0.354 e. The van der Waals surface area contributed by atoms with E-state index in [9.17, 15) is 19.2 Å². The molecule has 0 bridgehead atoms. The van der Waals surface area contributed by atoms with Crippen LogP contribution in [0.5, 0.6) is 0 Å². The molecule has 0 atom stereocenters. The highest BCUT2D eigenvalue weighted by Gasteiger charge is 2.57. The Labute approximate surface area is 213 Å². The van der Waals surface area contributed by atoms with Gasteiger partial charge in [-0.05, 0) is 48.6 Å². The molecule has 1 saturated carbocycles. The Bertz CT molecular complexity index is 1010. The lowest BCUT2D eigenvalue weighted by atomic mass is 9.88. The first kappa shape index (κ1) is 25.4. The van der Waals surface area contributed by atoms with Crippen LogP contribution < -0.4 is 10.6 Å². The Morgan fingerprint density at radius 1 is 0.829 bits per heavy atom. The molecule has 4 rings (SSSR count). The number of rotatable bonds is 10. The summed E-state index contributed by atoms with van der Waals surface area (Å²) in [6, 6.07) is 7.41. The van der Waals surface area contributed by atoms with E-state index in [4.69, 9.17) is 0 Å². The summed E-state index contributed by atoms with van der Waals surface area (Å²) in [6.07, 6.45) is 6.09. The summed E-state index contributed by atoms with van der Waals surface area (Å²) < 4.78 is 0. The van der Waals surface area contributed by atoms with E-state index in [0.29, 0.717) is 32.4 Å². The second kappa shape index (κ2) is 11.8. The van der Waals surface area contributed by atoms with Crippen molar-refractivity contribution in [3.63, 3.8) is 0 Å². The van der Waals surface area contributed by atoms with Gasteiger partial charge in [-0.2, -0.15) is 0 Å². The first-order valence-corrected chi connectivity index (χ1v) is 14.0. The summed E-state index contributed by atoms with van der Waals surface area (Å²) in [5.41, 5.74) is -1.03. The Hall–Kier alpha value is -2.72. The second-order valence-corrected chi connectivity index (χ2v) is 11.1. The van der Waals surface area contributed by atoms with E-state index in [2.05, 4.69) is 10.6 Å². The van der Waals surface area contributed by atoms with E-state index < -0.39 is 11.6 Å². The third-order valence-corrected chi connectivity index (χ3v) is 8.58. The highest BCUT2D eigenvalue weighted by atomic mass is 32.1. The summed E-state index contributed by atoms with van der Waals surface area (Å²) in [4.78, 5) is 57.1. The Balaban J connectivity index is 1.39. The molecular weight excluding hydrogens is 484 g/mol. The van der Waals surface area contributed by atoms with Crippen molar-refractivity contribution in [1.29, 1.82) is 0 Å². The fourth-order valence-corrected chi connectivity index (χ4v) is 6.31. The van der Waals surface area contributed by atoms with Crippen molar-refractivity contribution >= 4 is 46.4 Å². The summed E-state index contributed by atoms with van der Waals surface area (Å²) >= 11 is 3.26. The molecule has 2 N–H and O–H groups in total. The number of imide groups is 1. The fourth-order valence-electron chi connectivity index (χ4n) is 4.90. The van der Waals surface area contributed by atoms with Gasteiger partial charge >= 0.3 is 6.03 Å². The maximum Gasteiger partial charge on any atom is 0.328 e. The van der Waals surface area contributed by atoms with Crippen molar-refractivity contribution in [2.45, 2.75) is 56.9 Å². The third-order valence-electron chi connectivity index (χ3n) is 6.70. The number of hydrogen-bond donors (Lipinski definition) is 2. The average molecular weight is 517 g/mol. The smallest absolute Gasteiger partial charge is 0.328 e. The van der Waals surface area contributed by atoms with Gasteiger partial charge in [0.05, 0.1) is 0 Å². The number of carbonyl (C=O) groups excluding carboxylic acids is 4. The van der Waals surface area contributed by atoms with Gasteiger partial charge in [0.2, 0.25) is 11.8 Å². The maximum atomic E-state index is 13.6. The molecule has 1 aliphatic heterocycles. The van der Waals surface area contributed by atoms with Gasteiger partial charge in [0.1, 0.15) is 18.6 Å². The molecule has 1 saturated heterocycles. The van der Waals surface area contributed by atoms with Crippen LogP contribution in [0.1, 0.15) is 48.3 Å². The molecule has 1 aliphatic carbocycles. The first-order chi connectivity index (χ1) is 17.0. The minimum absolute atomic E-state index is 0.175. The van der Waals surface area contributed by atoms with Crippen LogP contribution in [0.4, 0.5) is 4.79 Å². The van der Waals surface area contributed by atoms with Crippen molar-refractivity contribution in [1.82, 2.24) is 20.4 Å². The molecule has 0 unspecified atom stereocenters. The van der Waals surface area contributed by atoms with Crippen LogP contribution in [0, 0.1) is 0 Å². The molecule has 2 aromatic rings. The van der Waals surface area contributed by atoms with E-state index in [1.807, 2.05) is 35.0 Å². The monoisotopic (exact) mass is 516 g/mol. The van der Waals surface area contributed by atoms with Gasteiger partial charge in [-0.15, -0.1) is 22.7 Å². The number of thiophene rings is 2. The standard InChI is InChI=1S/C25H32N4O4S2/c30-21(26-13-9-19-7-5-15-34-19)17-28-23(32)25(11-3-1-2-4-12-25)29(24(28)33)18-22(31)27-14-10-20-8-6-16-35-20/h5-8,15-16H,1-4,9-14,17-18H2,(H,26,30)(H,27,31). The Morgan fingerprint density at radius 2 is 1.37 bits per heavy atom. The summed E-state index contributed by atoms with van der Waals surface area (Å²) in [5, 5.41) is 9.68. The van der Waals surface area contributed by atoms with Crippen molar-refractivity contribution in [2.75, 3.05) is 26.2 Å². The number of carbonyl (C=O) groups is 4. The van der Waals surface area contributed by atoms with E-state index in [-0.39, 0.29) is 30.8 Å². The number of hydrogen-bond acceptors (Lipinski definition) is 6. The molecule has 5 amide bonds. The molecule has 8 nitrogen and oxygen atoms in total. The van der Waals surface area contributed by atoms with Crippen molar-refractivity contribution in [3.8, 4) is 0 Å². The second-order valence-electron chi connectivity index (χ2n) is 9.06. The van der Waals surface area contributed by atoms with Gasteiger partial charge in [0.25, 0.3) is 5.91 Å². The molecule has 2 fully saturated rings. The summed E-state index contributed by atoms with van der Waals surface area (Å²) in [6.45, 7) is 0.418. The normalized spacial score (nSPS) is 17.6. The number of nitrogens with zero attached hydrogens (tertiary/aromatic N) is 2. The minimum Gasteiger partial charge on any atom is -0.354 e. The quantitative estimate of drug-likeness (QED) is 0.474. The molecule has 2 aliphatic rings. The SMILES string of the molecule is O=C(CN1C(=O)N(CC(=O)NCCc2cccs2)C2(CCCCCC2)C1=O)NCCc1cccs1. The highest BCUT2D eigenvalue weighted by Crippen LogP contribution is 2.39. The van der Waals surface area contributed by atoms with E-state index >= 15 is 0 Å². The van der Waals surface area contributed by atoms with E-state index in [0.717, 1.165) is 41.9 Å². The van der Waals surface area contributed by atoms with E-state index in [1.54, 1.807) is 22.7 Å². The predicted octanol–water partition coefficient (Wildman–Crippen LogP) is 3.18. The summed E-state index contributed by atoms with van der Waals surface area (Å²) in [5.74, 6) is -0.993. The molecule has 0 radical (unpaired) electrons. The van der Waals surface area contributed by atoms with Gasteiger partial charge in [0.15, 0.2) is 0 Å². The zero-order valence-corrected chi connectivity index (χ0v) is 21.4. The van der Waals surface area contributed by atoms with Crippen molar-refractivity contribution in [3.05, 3.63) is 44.8 Å². The molecule has 10 heteroatoms. The Morgan fingerprint density at radius 3 is 1.89 bits per heavy atom. The number of urea groups is 1. The molecule has 0 aromatic carbocycles. The average Bonchev–Trinajstić information content (AvgIpc) is 3.54. The fraction of sp³-hybridized carbons (Fsp3) is 0.520. The van der Waals surface area contributed by atoms with Crippen LogP contribution in [-0.2, 0) is 27.2 Å². The molecule has 2 aromatic heterocycles. The number of nitrogens with one attached hydrogen (secondary N) is 2. The molecular formula is C25H32N4O4S2. The molecule has 1 spiro atoms. The van der Waals surface area contributed by atoms with Crippen LogP contribution in [0.3, 0.4) is 0 Å².